The molecule has 2 N–H and O–H groups in total. The van der Waals surface area contributed by atoms with Gasteiger partial charge in [0.15, 0.2) is 0 Å². The number of nitrogens with zero attached hydrogens (tertiary/aromatic N) is 1. The van der Waals surface area contributed by atoms with E-state index in [1.54, 1.807) is 18.2 Å². The molecular formula is C15H14N2O6. The Kier molecular flexibility index (Phi) is 4.65. The van der Waals surface area contributed by atoms with Crippen LogP contribution in [0.5, 0.6) is 11.5 Å². The summed E-state index contributed by atoms with van der Waals surface area (Å²) in [6, 6.07) is 8.82. The Bertz CT molecular complexity index is 760. The number of ether oxygens (including phenoxy) is 2. The Morgan fingerprint density at radius 2 is 1.78 bits per heavy atom. The number of carboxylic acid groups (broad SMARTS) is 1. The molecule has 0 unspecified atom stereocenters. The predicted octanol–water partition coefficient (Wildman–Crippen LogP) is 3.05. The van der Waals surface area contributed by atoms with Crippen LogP contribution >= 0.6 is 0 Å². The van der Waals surface area contributed by atoms with Crippen LogP contribution in [0.2, 0.25) is 0 Å². The Balaban J connectivity index is 2.53. The molecule has 2 aromatic rings. The van der Waals surface area contributed by atoms with Gasteiger partial charge >= 0.3 is 11.7 Å². The number of para-hydroxylation sites is 1. The predicted molar refractivity (Wildman–Crippen MR) is 82.9 cm³/mol. The number of hydrogen-bond acceptors (Lipinski definition) is 6. The lowest BCUT2D eigenvalue weighted by Crippen LogP contribution is -2.04. The van der Waals surface area contributed by atoms with Gasteiger partial charge in [0.1, 0.15) is 5.75 Å². The molecule has 0 saturated carbocycles. The molecule has 0 aliphatic carbocycles. The van der Waals surface area contributed by atoms with Gasteiger partial charge in [-0.1, -0.05) is 12.1 Å². The van der Waals surface area contributed by atoms with Gasteiger partial charge in [0.05, 0.1) is 36.1 Å². The smallest absolute Gasteiger partial charge is 0.337 e. The fourth-order valence-corrected chi connectivity index (χ4v) is 2.05. The summed E-state index contributed by atoms with van der Waals surface area (Å²) in [5, 5.41) is 23.2. The third-order valence-corrected chi connectivity index (χ3v) is 3.12. The van der Waals surface area contributed by atoms with E-state index in [9.17, 15) is 20.0 Å². The lowest BCUT2D eigenvalue weighted by atomic mass is 10.1. The van der Waals surface area contributed by atoms with Crippen LogP contribution in [0.25, 0.3) is 0 Å². The Labute approximate surface area is 131 Å². The van der Waals surface area contributed by atoms with Crippen molar-refractivity contribution in [3.63, 3.8) is 0 Å². The second-order valence-electron chi connectivity index (χ2n) is 4.46. The first-order valence-corrected chi connectivity index (χ1v) is 6.47. The van der Waals surface area contributed by atoms with E-state index in [1.165, 1.54) is 32.4 Å². The number of carbonyl (C=O) groups is 1. The van der Waals surface area contributed by atoms with Crippen molar-refractivity contribution in [3.05, 3.63) is 52.1 Å². The van der Waals surface area contributed by atoms with Crippen LogP contribution in [-0.4, -0.2) is 30.2 Å². The highest BCUT2D eigenvalue weighted by molar-refractivity contribution is 5.95. The Morgan fingerprint density at radius 1 is 1.13 bits per heavy atom. The lowest BCUT2D eigenvalue weighted by molar-refractivity contribution is -0.385. The summed E-state index contributed by atoms with van der Waals surface area (Å²) >= 11 is 0. The first-order valence-electron chi connectivity index (χ1n) is 6.47. The van der Waals surface area contributed by atoms with Crippen LogP contribution in [0, 0.1) is 10.1 Å². The largest absolute Gasteiger partial charge is 0.494 e. The SMILES string of the molecule is COc1cc(OC)c([N+](=O)[O-])cc1Nc1ccccc1C(=O)O. The molecule has 2 rings (SSSR count). The van der Waals surface area contributed by atoms with Crippen molar-refractivity contribution in [1.29, 1.82) is 0 Å². The Morgan fingerprint density at radius 3 is 2.35 bits per heavy atom. The molecule has 0 bridgehead atoms. The molecule has 0 radical (unpaired) electrons. The third kappa shape index (κ3) is 3.31. The normalized spacial score (nSPS) is 10.0. The standard InChI is InChI=1S/C15H14N2O6/c1-22-13-8-14(23-2)12(17(20)21)7-11(13)16-10-6-4-3-5-9(10)15(18)19/h3-8,16H,1-2H3,(H,18,19). The highest BCUT2D eigenvalue weighted by Gasteiger charge is 2.20. The van der Waals surface area contributed by atoms with E-state index in [1.807, 2.05) is 0 Å². The molecule has 8 heteroatoms. The number of methoxy groups -OCH3 is 2. The molecule has 120 valence electrons. The van der Waals surface area contributed by atoms with E-state index in [-0.39, 0.29) is 34.1 Å². The van der Waals surface area contributed by atoms with Crippen LogP contribution in [0.4, 0.5) is 17.1 Å². The van der Waals surface area contributed by atoms with Gasteiger partial charge in [0.25, 0.3) is 0 Å². The van der Waals surface area contributed by atoms with E-state index in [4.69, 9.17) is 9.47 Å². The molecule has 23 heavy (non-hydrogen) atoms. The molecule has 0 spiro atoms. The van der Waals surface area contributed by atoms with E-state index in [0.29, 0.717) is 0 Å². The van der Waals surface area contributed by atoms with Gasteiger partial charge in [-0.2, -0.15) is 0 Å². The summed E-state index contributed by atoms with van der Waals surface area (Å²) in [4.78, 5) is 21.8. The monoisotopic (exact) mass is 318 g/mol. The van der Waals surface area contributed by atoms with Gasteiger partial charge in [0, 0.05) is 12.1 Å². The first-order chi connectivity index (χ1) is 11.0. The molecule has 8 nitrogen and oxygen atoms in total. The molecular weight excluding hydrogens is 304 g/mol. The number of hydrogen-bond donors (Lipinski definition) is 2. The van der Waals surface area contributed by atoms with E-state index < -0.39 is 10.9 Å². The average molecular weight is 318 g/mol. The van der Waals surface area contributed by atoms with Crippen molar-refractivity contribution in [3.8, 4) is 11.5 Å². The molecule has 0 saturated heterocycles. The van der Waals surface area contributed by atoms with E-state index >= 15 is 0 Å². The number of aromatic carboxylic acids is 1. The van der Waals surface area contributed by atoms with Crippen molar-refractivity contribution < 1.29 is 24.3 Å². The second kappa shape index (κ2) is 6.65. The van der Waals surface area contributed by atoms with E-state index in [2.05, 4.69) is 5.32 Å². The van der Waals surface area contributed by atoms with Gasteiger partial charge in [-0.3, -0.25) is 10.1 Å². The summed E-state index contributed by atoms with van der Waals surface area (Å²) in [6.07, 6.45) is 0. The summed E-state index contributed by atoms with van der Waals surface area (Å²) in [5.41, 5.74) is 0.322. The maximum Gasteiger partial charge on any atom is 0.337 e. The minimum absolute atomic E-state index is 0.0352. The highest BCUT2D eigenvalue weighted by atomic mass is 16.6. The van der Waals surface area contributed by atoms with Gasteiger partial charge in [-0.05, 0) is 12.1 Å². The minimum atomic E-state index is -1.12. The summed E-state index contributed by atoms with van der Waals surface area (Å²) < 4.78 is 10.2. The summed E-state index contributed by atoms with van der Waals surface area (Å²) in [7, 11) is 2.71. The fourth-order valence-electron chi connectivity index (χ4n) is 2.05. The number of carboxylic acids is 1. The highest BCUT2D eigenvalue weighted by Crippen LogP contribution is 2.39. The molecule has 0 fully saturated rings. The van der Waals surface area contributed by atoms with Crippen LogP contribution < -0.4 is 14.8 Å². The first kappa shape index (κ1) is 16.1. The second-order valence-corrected chi connectivity index (χ2v) is 4.46. The van der Waals surface area contributed by atoms with Crippen molar-refractivity contribution in [1.82, 2.24) is 0 Å². The van der Waals surface area contributed by atoms with E-state index in [0.717, 1.165) is 0 Å². The number of anilines is 2. The molecule has 0 atom stereocenters. The van der Waals surface area contributed by atoms with Gasteiger partial charge in [0.2, 0.25) is 5.75 Å². The average Bonchev–Trinajstić information content (AvgIpc) is 2.54. The zero-order chi connectivity index (χ0) is 17.0. The zero-order valence-corrected chi connectivity index (χ0v) is 12.4. The van der Waals surface area contributed by atoms with Crippen LogP contribution in [0.3, 0.4) is 0 Å². The van der Waals surface area contributed by atoms with Crippen molar-refractivity contribution in [2.75, 3.05) is 19.5 Å². The van der Waals surface area contributed by atoms with Gasteiger partial charge in [-0.15, -0.1) is 0 Å². The lowest BCUT2D eigenvalue weighted by Gasteiger charge is -2.14. The summed E-state index contributed by atoms with van der Waals surface area (Å²) in [6.45, 7) is 0. The number of rotatable bonds is 6. The fraction of sp³-hybridized carbons (Fsp3) is 0.133. The van der Waals surface area contributed by atoms with Crippen molar-refractivity contribution in [2.45, 2.75) is 0 Å². The Hall–Kier alpha value is -3.29. The molecule has 0 aromatic heterocycles. The maximum absolute atomic E-state index is 11.2. The zero-order valence-electron chi connectivity index (χ0n) is 12.4. The summed E-state index contributed by atoms with van der Waals surface area (Å²) in [5.74, 6) is -0.786. The van der Waals surface area contributed by atoms with Crippen LogP contribution in [-0.2, 0) is 0 Å². The number of nitrogens with one attached hydrogen (secondary N) is 1. The molecule has 2 aromatic carbocycles. The number of nitro groups is 1. The quantitative estimate of drug-likeness (QED) is 0.622. The molecule has 0 heterocycles. The van der Waals surface area contributed by atoms with Crippen molar-refractivity contribution >= 4 is 23.0 Å². The topological polar surface area (TPSA) is 111 Å². The van der Waals surface area contributed by atoms with Gasteiger partial charge in [-0.25, -0.2) is 4.79 Å². The van der Waals surface area contributed by atoms with Crippen LogP contribution in [0.15, 0.2) is 36.4 Å². The number of nitro benzene ring substituents is 1. The van der Waals surface area contributed by atoms with Crippen LogP contribution in [0.1, 0.15) is 10.4 Å². The van der Waals surface area contributed by atoms with Gasteiger partial charge < -0.3 is 19.9 Å². The minimum Gasteiger partial charge on any atom is -0.494 e. The van der Waals surface area contributed by atoms with Crippen molar-refractivity contribution in [2.24, 2.45) is 0 Å². The molecule has 0 aliphatic heterocycles. The third-order valence-electron chi connectivity index (χ3n) is 3.12. The molecule has 0 aliphatic rings. The number of benzene rings is 2. The maximum atomic E-state index is 11.2. The molecule has 0 amide bonds.